The first-order chi connectivity index (χ1) is 12.0. The lowest BCUT2D eigenvalue weighted by Gasteiger charge is -2.34. The summed E-state index contributed by atoms with van der Waals surface area (Å²) < 4.78 is 4.55. The van der Waals surface area contributed by atoms with E-state index in [4.69, 9.17) is 0 Å². The van der Waals surface area contributed by atoms with E-state index in [1.165, 1.54) is 7.11 Å². The maximum Gasteiger partial charge on any atom is 0.411 e. The number of hydrogen-bond acceptors (Lipinski definition) is 5. The molecule has 0 aromatic heterocycles. The Morgan fingerprint density at radius 3 is 2.52 bits per heavy atom. The number of carbonyl (C=O) groups excluding carboxylic acids is 3. The third-order valence-corrected chi connectivity index (χ3v) is 3.94. The van der Waals surface area contributed by atoms with Gasteiger partial charge in [0.25, 0.3) is 5.91 Å². The minimum atomic E-state index is -0.580. The van der Waals surface area contributed by atoms with Crippen LogP contribution in [0.25, 0.3) is 0 Å². The van der Waals surface area contributed by atoms with E-state index in [0.29, 0.717) is 50.5 Å². The van der Waals surface area contributed by atoms with E-state index in [2.05, 4.69) is 15.4 Å². The van der Waals surface area contributed by atoms with Crippen LogP contribution >= 0.6 is 0 Å². The highest BCUT2D eigenvalue weighted by Crippen LogP contribution is 2.14. The maximum atomic E-state index is 12.6. The molecule has 1 aliphatic rings. The predicted octanol–water partition coefficient (Wildman–Crippen LogP) is 0.759. The molecule has 1 fully saturated rings. The zero-order valence-corrected chi connectivity index (χ0v) is 14.6. The van der Waals surface area contributed by atoms with Crippen LogP contribution < -0.4 is 10.6 Å². The smallest absolute Gasteiger partial charge is 0.411 e. The van der Waals surface area contributed by atoms with Gasteiger partial charge in [-0.05, 0) is 25.1 Å². The van der Waals surface area contributed by atoms with Crippen LogP contribution in [-0.4, -0.2) is 74.1 Å². The van der Waals surface area contributed by atoms with Gasteiger partial charge in [0.05, 0.1) is 13.7 Å². The molecule has 8 heteroatoms. The fourth-order valence-corrected chi connectivity index (χ4v) is 2.65. The van der Waals surface area contributed by atoms with E-state index in [-0.39, 0.29) is 11.8 Å². The Hall–Kier alpha value is -2.61. The molecule has 1 saturated heterocycles. The van der Waals surface area contributed by atoms with Crippen LogP contribution in [0.4, 0.5) is 10.5 Å². The number of methoxy groups -OCH3 is 1. The first kappa shape index (κ1) is 18.7. The zero-order chi connectivity index (χ0) is 18.2. The number of nitrogens with one attached hydrogen (secondary N) is 2. The van der Waals surface area contributed by atoms with Crippen molar-refractivity contribution >= 4 is 23.6 Å². The summed E-state index contributed by atoms with van der Waals surface area (Å²) in [5, 5.41) is 5.32. The number of ether oxygens (including phenoxy) is 1. The van der Waals surface area contributed by atoms with Crippen molar-refractivity contribution in [1.29, 1.82) is 0 Å². The SMILES string of the molecule is CCNC(=O)CN1CCN(C(=O)c2cccc(NC(=O)OC)c2)CC1. The standard InChI is InChI=1S/C17H24N4O4/c1-3-18-15(22)12-20-7-9-21(10-8-20)16(23)13-5-4-6-14(11-13)19-17(24)25-2/h4-6,11H,3,7-10,12H2,1-2H3,(H,18,22)(H,19,24). The lowest BCUT2D eigenvalue weighted by atomic mass is 10.1. The fourth-order valence-electron chi connectivity index (χ4n) is 2.65. The molecule has 8 nitrogen and oxygen atoms in total. The number of nitrogens with zero attached hydrogens (tertiary/aromatic N) is 2. The molecule has 25 heavy (non-hydrogen) atoms. The van der Waals surface area contributed by atoms with E-state index >= 15 is 0 Å². The maximum absolute atomic E-state index is 12.6. The Labute approximate surface area is 147 Å². The van der Waals surface area contributed by atoms with Gasteiger partial charge in [0, 0.05) is 44.0 Å². The van der Waals surface area contributed by atoms with Crippen LogP contribution in [0, 0.1) is 0 Å². The highest BCUT2D eigenvalue weighted by Gasteiger charge is 2.23. The Morgan fingerprint density at radius 2 is 1.88 bits per heavy atom. The molecule has 1 aliphatic heterocycles. The fraction of sp³-hybridized carbons (Fsp3) is 0.471. The molecule has 2 N–H and O–H groups in total. The largest absolute Gasteiger partial charge is 0.453 e. The van der Waals surface area contributed by atoms with Gasteiger partial charge in [-0.25, -0.2) is 4.79 Å². The van der Waals surface area contributed by atoms with Crippen LogP contribution in [0.1, 0.15) is 17.3 Å². The topological polar surface area (TPSA) is 91.0 Å². The number of likely N-dealkylation sites (N-methyl/N-ethyl adjacent to an activating group) is 1. The van der Waals surface area contributed by atoms with Crippen LogP contribution in [-0.2, 0) is 9.53 Å². The summed E-state index contributed by atoms with van der Waals surface area (Å²) in [6.07, 6.45) is -0.580. The van der Waals surface area contributed by atoms with Crippen LogP contribution in [0.5, 0.6) is 0 Å². The molecule has 1 aromatic carbocycles. The third-order valence-electron chi connectivity index (χ3n) is 3.94. The molecule has 0 spiro atoms. The normalized spacial score (nSPS) is 14.7. The van der Waals surface area contributed by atoms with Crippen molar-refractivity contribution in [2.24, 2.45) is 0 Å². The molecule has 1 aromatic rings. The highest BCUT2D eigenvalue weighted by molar-refractivity contribution is 5.96. The molecule has 2 rings (SSSR count). The number of benzene rings is 1. The average molecular weight is 348 g/mol. The van der Waals surface area contributed by atoms with Crippen LogP contribution in [0.2, 0.25) is 0 Å². The first-order valence-corrected chi connectivity index (χ1v) is 8.27. The van der Waals surface area contributed by atoms with Crippen molar-refractivity contribution in [2.45, 2.75) is 6.92 Å². The number of carbonyl (C=O) groups is 3. The monoisotopic (exact) mass is 348 g/mol. The van der Waals surface area contributed by atoms with Gasteiger partial charge in [-0.15, -0.1) is 0 Å². The van der Waals surface area contributed by atoms with Crippen molar-refractivity contribution < 1.29 is 19.1 Å². The first-order valence-electron chi connectivity index (χ1n) is 8.27. The summed E-state index contributed by atoms with van der Waals surface area (Å²) >= 11 is 0. The van der Waals surface area contributed by atoms with Gasteiger partial charge in [-0.1, -0.05) is 6.07 Å². The van der Waals surface area contributed by atoms with Crippen LogP contribution in [0.3, 0.4) is 0 Å². The molecular formula is C17H24N4O4. The summed E-state index contributed by atoms with van der Waals surface area (Å²) in [6, 6.07) is 6.74. The summed E-state index contributed by atoms with van der Waals surface area (Å²) in [4.78, 5) is 39.3. The van der Waals surface area contributed by atoms with E-state index in [9.17, 15) is 14.4 Å². The predicted molar refractivity (Wildman–Crippen MR) is 93.5 cm³/mol. The lowest BCUT2D eigenvalue weighted by molar-refractivity contribution is -0.122. The number of hydrogen-bond donors (Lipinski definition) is 2. The number of anilines is 1. The second-order valence-corrected chi connectivity index (χ2v) is 5.72. The zero-order valence-electron chi connectivity index (χ0n) is 14.6. The van der Waals surface area contributed by atoms with Gasteiger partial charge in [0.15, 0.2) is 0 Å². The number of piperazine rings is 1. The van der Waals surface area contributed by atoms with E-state index in [1.807, 2.05) is 11.8 Å². The molecule has 0 atom stereocenters. The molecule has 0 aliphatic carbocycles. The van der Waals surface area contributed by atoms with Gasteiger partial charge in [-0.3, -0.25) is 19.8 Å². The minimum absolute atomic E-state index is 0.00358. The molecule has 0 bridgehead atoms. The van der Waals surface area contributed by atoms with Crippen molar-refractivity contribution in [2.75, 3.05) is 51.7 Å². The van der Waals surface area contributed by atoms with Crippen molar-refractivity contribution in [3.63, 3.8) is 0 Å². The molecule has 0 saturated carbocycles. The van der Waals surface area contributed by atoms with E-state index < -0.39 is 6.09 Å². The summed E-state index contributed by atoms with van der Waals surface area (Å²) in [5.41, 5.74) is 1.01. The summed E-state index contributed by atoms with van der Waals surface area (Å²) in [6.45, 7) is 5.30. The molecule has 1 heterocycles. The Morgan fingerprint density at radius 1 is 1.16 bits per heavy atom. The lowest BCUT2D eigenvalue weighted by Crippen LogP contribution is -2.51. The van der Waals surface area contributed by atoms with Gasteiger partial charge in [0.1, 0.15) is 0 Å². The van der Waals surface area contributed by atoms with Gasteiger partial charge >= 0.3 is 6.09 Å². The van der Waals surface area contributed by atoms with Gasteiger partial charge < -0.3 is 15.0 Å². The molecule has 0 radical (unpaired) electrons. The van der Waals surface area contributed by atoms with Crippen molar-refractivity contribution in [3.8, 4) is 0 Å². The highest BCUT2D eigenvalue weighted by atomic mass is 16.5. The summed E-state index contributed by atoms with van der Waals surface area (Å²) in [7, 11) is 1.28. The number of amides is 3. The minimum Gasteiger partial charge on any atom is -0.453 e. The number of rotatable bonds is 5. The van der Waals surface area contributed by atoms with Crippen molar-refractivity contribution in [1.82, 2.24) is 15.1 Å². The van der Waals surface area contributed by atoms with Crippen molar-refractivity contribution in [3.05, 3.63) is 29.8 Å². The van der Waals surface area contributed by atoms with Gasteiger partial charge in [0.2, 0.25) is 5.91 Å². The molecule has 3 amide bonds. The Kier molecular flexibility index (Phi) is 6.76. The Bertz CT molecular complexity index is 627. The third kappa shape index (κ3) is 5.46. The van der Waals surface area contributed by atoms with Crippen LogP contribution in [0.15, 0.2) is 24.3 Å². The average Bonchev–Trinajstić information content (AvgIpc) is 2.62. The Balaban J connectivity index is 1.91. The molecular weight excluding hydrogens is 324 g/mol. The van der Waals surface area contributed by atoms with E-state index in [0.717, 1.165) is 0 Å². The summed E-state index contributed by atoms with van der Waals surface area (Å²) in [5.74, 6) is -0.0879. The second kappa shape index (κ2) is 9.03. The second-order valence-electron chi connectivity index (χ2n) is 5.72. The molecule has 136 valence electrons. The quantitative estimate of drug-likeness (QED) is 0.820. The van der Waals surface area contributed by atoms with E-state index in [1.54, 1.807) is 29.2 Å². The molecule has 0 unspecified atom stereocenters. The van der Waals surface area contributed by atoms with Gasteiger partial charge in [-0.2, -0.15) is 0 Å².